The van der Waals surface area contributed by atoms with Crippen molar-refractivity contribution in [2.24, 2.45) is 5.92 Å². The number of carbonyl (C=O) groups is 1. The van der Waals surface area contributed by atoms with Crippen molar-refractivity contribution in [3.05, 3.63) is 29.3 Å². The van der Waals surface area contributed by atoms with Crippen molar-refractivity contribution in [2.75, 3.05) is 11.4 Å². The Hall–Kier alpha value is -1.35. The minimum absolute atomic E-state index is 0.209. The highest BCUT2D eigenvalue weighted by molar-refractivity contribution is 5.97. The van der Waals surface area contributed by atoms with E-state index in [-0.39, 0.29) is 5.92 Å². The van der Waals surface area contributed by atoms with E-state index in [1.54, 1.807) is 0 Å². The Balaban J connectivity index is 1.62. The zero-order chi connectivity index (χ0) is 13.7. The molecule has 0 saturated carbocycles. The summed E-state index contributed by atoms with van der Waals surface area (Å²) >= 11 is 0. The van der Waals surface area contributed by atoms with Crippen LogP contribution in [-0.4, -0.2) is 24.5 Å². The van der Waals surface area contributed by atoms with Crippen molar-refractivity contribution in [2.45, 2.75) is 51.1 Å². The molecule has 3 heteroatoms. The number of nitrogens with one attached hydrogen (secondary N) is 1. The fourth-order valence-electron chi connectivity index (χ4n) is 4.25. The first kappa shape index (κ1) is 12.4. The van der Waals surface area contributed by atoms with Crippen LogP contribution in [0, 0.1) is 12.8 Å². The fraction of sp³-hybridized carbons (Fsp3) is 0.588. The molecule has 1 aromatic rings. The number of hydrogen-bond donors (Lipinski definition) is 1. The maximum absolute atomic E-state index is 12.9. The molecule has 1 N–H and O–H groups in total. The lowest BCUT2D eigenvalue weighted by atomic mass is 9.87. The molecular weight excluding hydrogens is 248 g/mol. The Bertz CT molecular complexity index is 554. The molecule has 3 atom stereocenters. The second-order valence-corrected chi connectivity index (χ2v) is 6.62. The molecule has 0 aliphatic carbocycles. The van der Waals surface area contributed by atoms with Gasteiger partial charge < -0.3 is 10.2 Å². The number of amides is 1. The van der Waals surface area contributed by atoms with Gasteiger partial charge in [-0.1, -0.05) is 17.7 Å². The summed E-state index contributed by atoms with van der Waals surface area (Å²) in [6.45, 7) is 3.02. The minimum atomic E-state index is 0.209. The first-order valence-electron chi connectivity index (χ1n) is 7.89. The molecule has 3 aliphatic heterocycles. The molecule has 2 fully saturated rings. The normalized spacial score (nSPS) is 31.4. The largest absolute Gasteiger partial charge is 0.312 e. The fourth-order valence-corrected chi connectivity index (χ4v) is 4.25. The summed E-state index contributed by atoms with van der Waals surface area (Å²) in [7, 11) is 0. The van der Waals surface area contributed by atoms with Gasteiger partial charge in [0.05, 0.1) is 5.92 Å². The summed E-state index contributed by atoms with van der Waals surface area (Å²) < 4.78 is 0. The first-order chi connectivity index (χ1) is 9.72. The number of rotatable bonds is 1. The van der Waals surface area contributed by atoms with Gasteiger partial charge in [-0.05, 0) is 50.7 Å². The van der Waals surface area contributed by atoms with Crippen LogP contribution >= 0.6 is 0 Å². The summed E-state index contributed by atoms with van der Waals surface area (Å²) in [5.41, 5.74) is 3.80. The van der Waals surface area contributed by atoms with E-state index < -0.39 is 0 Å². The Morgan fingerprint density at radius 3 is 3.00 bits per heavy atom. The summed E-state index contributed by atoms with van der Waals surface area (Å²) in [4.78, 5) is 15.0. The maximum atomic E-state index is 12.9. The van der Waals surface area contributed by atoms with Crippen LogP contribution in [0.3, 0.4) is 0 Å². The third-order valence-corrected chi connectivity index (χ3v) is 5.24. The Labute approximate surface area is 120 Å². The van der Waals surface area contributed by atoms with Gasteiger partial charge in [0, 0.05) is 24.3 Å². The molecule has 3 unspecified atom stereocenters. The minimum Gasteiger partial charge on any atom is -0.312 e. The van der Waals surface area contributed by atoms with E-state index in [0.29, 0.717) is 18.0 Å². The van der Waals surface area contributed by atoms with E-state index in [0.717, 1.165) is 31.5 Å². The quantitative estimate of drug-likeness (QED) is 0.850. The van der Waals surface area contributed by atoms with Gasteiger partial charge in [-0.2, -0.15) is 0 Å². The van der Waals surface area contributed by atoms with Crippen molar-refractivity contribution in [3.63, 3.8) is 0 Å². The van der Waals surface area contributed by atoms with Gasteiger partial charge in [-0.3, -0.25) is 4.79 Å². The van der Waals surface area contributed by atoms with Gasteiger partial charge in [0.15, 0.2) is 0 Å². The molecule has 3 nitrogen and oxygen atoms in total. The molecule has 106 valence electrons. The highest BCUT2D eigenvalue weighted by Crippen LogP contribution is 2.37. The van der Waals surface area contributed by atoms with Gasteiger partial charge in [-0.15, -0.1) is 0 Å². The second-order valence-electron chi connectivity index (χ2n) is 6.62. The zero-order valence-corrected chi connectivity index (χ0v) is 12.1. The van der Waals surface area contributed by atoms with Crippen LogP contribution in [-0.2, 0) is 11.2 Å². The van der Waals surface area contributed by atoms with E-state index in [2.05, 4.69) is 35.3 Å². The van der Waals surface area contributed by atoms with E-state index in [1.165, 1.54) is 24.0 Å². The van der Waals surface area contributed by atoms with Crippen molar-refractivity contribution in [1.29, 1.82) is 0 Å². The van der Waals surface area contributed by atoms with E-state index in [4.69, 9.17) is 0 Å². The smallest absolute Gasteiger partial charge is 0.231 e. The molecule has 3 aliphatic rings. The van der Waals surface area contributed by atoms with Gasteiger partial charge in [0.25, 0.3) is 0 Å². The molecule has 2 saturated heterocycles. The number of anilines is 1. The van der Waals surface area contributed by atoms with Crippen LogP contribution in [0.25, 0.3) is 0 Å². The van der Waals surface area contributed by atoms with E-state index in [9.17, 15) is 4.79 Å². The predicted octanol–water partition coefficient (Wildman–Crippen LogP) is 2.41. The van der Waals surface area contributed by atoms with E-state index >= 15 is 0 Å². The van der Waals surface area contributed by atoms with Gasteiger partial charge in [0.2, 0.25) is 5.91 Å². The molecule has 0 radical (unpaired) electrons. The highest BCUT2D eigenvalue weighted by Gasteiger charge is 2.44. The molecule has 2 bridgehead atoms. The van der Waals surface area contributed by atoms with Crippen molar-refractivity contribution in [3.8, 4) is 0 Å². The lowest BCUT2D eigenvalue weighted by molar-refractivity contribution is -0.123. The van der Waals surface area contributed by atoms with Gasteiger partial charge >= 0.3 is 0 Å². The Kier molecular flexibility index (Phi) is 2.84. The molecule has 0 spiro atoms. The summed E-state index contributed by atoms with van der Waals surface area (Å²) in [6.07, 6.45) is 5.67. The average Bonchev–Trinajstić information content (AvgIpc) is 3.08. The van der Waals surface area contributed by atoms with Crippen LogP contribution in [0.4, 0.5) is 5.69 Å². The summed E-state index contributed by atoms with van der Waals surface area (Å²) in [6, 6.07) is 7.54. The van der Waals surface area contributed by atoms with Crippen molar-refractivity contribution < 1.29 is 4.79 Å². The number of aryl methyl sites for hydroxylation is 2. The summed E-state index contributed by atoms with van der Waals surface area (Å²) in [5.74, 6) is 0.565. The Morgan fingerprint density at radius 2 is 2.25 bits per heavy atom. The van der Waals surface area contributed by atoms with Crippen LogP contribution in [0.15, 0.2) is 18.2 Å². The molecule has 20 heavy (non-hydrogen) atoms. The molecular formula is C17H22N2O. The Morgan fingerprint density at radius 1 is 1.35 bits per heavy atom. The van der Waals surface area contributed by atoms with Crippen LogP contribution < -0.4 is 10.2 Å². The van der Waals surface area contributed by atoms with Gasteiger partial charge in [-0.25, -0.2) is 0 Å². The monoisotopic (exact) mass is 270 g/mol. The average molecular weight is 270 g/mol. The van der Waals surface area contributed by atoms with Crippen LogP contribution in [0.5, 0.6) is 0 Å². The first-order valence-corrected chi connectivity index (χ1v) is 7.89. The molecule has 0 aromatic heterocycles. The highest BCUT2D eigenvalue weighted by atomic mass is 16.2. The van der Waals surface area contributed by atoms with Crippen molar-refractivity contribution in [1.82, 2.24) is 5.32 Å². The van der Waals surface area contributed by atoms with Crippen LogP contribution in [0.1, 0.15) is 36.8 Å². The molecule has 1 aromatic carbocycles. The standard InChI is InChI=1S/C17H22N2O/c1-11-4-7-16-12(9-11)3-2-8-19(16)17(20)14-10-13-5-6-15(14)18-13/h4,7,9,13-15,18H,2-3,5-6,8,10H2,1H3. The van der Waals surface area contributed by atoms with Gasteiger partial charge in [0.1, 0.15) is 0 Å². The third-order valence-electron chi connectivity index (χ3n) is 5.24. The zero-order valence-electron chi connectivity index (χ0n) is 12.1. The van der Waals surface area contributed by atoms with Crippen LogP contribution in [0.2, 0.25) is 0 Å². The molecule has 3 heterocycles. The topological polar surface area (TPSA) is 32.3 Å². The second kappa shape index (κ2) is 4.59. The third kappa shape index (κ3) is 1.87. The predicted molar refractivity (Wildman–Crippen MR) is 79.9 cm³/mol. The SMILES string of the molecule is Cc1ccc2c(c1)CCCN2C(=O)C1CC2CCC1N2. The number of nitrogens with zero attached hydrogens (tertiary/aromatic N) is 1. The maximum Gasteiger partial charge on any atom is 0.231 e. The molecule has 1 amide bonds. The number of fused-ring (bicyclic) bond motifs is 3. The lowest BCUT2D eigenvalue weighted by Crippen LogP contribution is -2.43. The van der Waals surface area contributed by atoms with E-state index in [1.807, 2.05) is 0 Å². The number of hydrogen-bond acceptors (Lipinski definition) is 2. The summed E-state index contributed by atoms with van der Waals surface area (Å²) in [5, 5.41) is 3.58. The number of benzene rings is 1. The molecule has 4 rings (SSSR count). The lowest BCUT2D eigenvalue weighted by Gasteiger charge is -2.33. The number of carbonyl (C=O) groups excluding carboxylic acids is 1. The van der Waals surface area contributed by atoms with Crippen molar-refractivity contribution >= 4 is 11.6 Å².